The fourth-order valence-corrected chi connectivity index (χ4v) is 3.50. The smallest absolute Gasteiger partial charge is 0.256 e. The molecule has 30 heavy (non-hydrogen) atoms. The number of oxime groups is 1. The van der Waals surface area contributed by atoms with Gasteiger partial charge in [-0.2, -0.15) is 0 Å². The Morgan fingerprint density at radius 1 is 0.733 bits per heavy atom. The van der Waals surface area contributed by atoms with E-state index in [9.17, 15) is 0 Å². The zero-order chi connectivity index (χ0) is 21.3. The van der Waals surface area contributed by atoms with E-state index in [1.165, 1.54) is 0 Å². The van der Waals surface area contributed by atoms with Gasteiger partial charge in [0.2, 0.25) is 0 Å². The van der Waals surface area contributed by atoms with Gasteiger partial charge in [-0.25, -0.2) is 0 Å². The van der Waals surface area contributed by atoms with E-state index in [1.807, 2.05) is 49.4 Å². The molecule has 1 aliphatic rings. The number of benzene rings is 2. The lowest BCUT2D eigenvalue weighted by atomic mass is 9.99. The average Bonchev–Trinajstić information content (AvgIpc) is 2.78. The van der Waals surface area contributed by atoms with E-state index >= 15 is 0 Å². The first-order valence-electron chi connectivity index (χ1n) is 9.92. The van der Waals surface area contributed by atoms with Gasteiger partial charge < -0.3 is 23.8 Å². The molecule has 6 nitrogen and oxygen atoms in total. The Kier molecular flexibility index (Phi) is 8.16. The van der Waals surface area contributed by atoms with Crippen molar-refractivity contribution in [3.05, 3.63) is 71.3 Å². The molecule has 1 heterocycles. The summed E-state index contributed by atoms with van der Waals surface area (Å²) in [6.45, 7) is 1.91. The van der Waals surface area contributed by atoms with Crippen molar-refractivity contribution in [1.82, 2.24) is 0 Å². The summed E-state index contributed by atoms with van der Waals surface area (Å²) >= 11 is 0. The molecule has 0 aromatic heterocycles. The standard InChI is InChI=1S/C24H29NO5/c1-17-21(26-2)22(27-3)23(28-4)24(29-17)30-25-16-20-14-12-19(13-15-20)11-10-18-8-6-5-7-9-18/h5-17,21-24H,1-4H3/b11-10+,25-16-/t17-,21-,22+,23+,24-/m0/s1. The third-order valence-corrected chi connectivity index (χ3v) is 5.11. The molecule has 0 bridgehead atoms. The summed E-state index contributed by atoms with van der Waals surface area (Å²) in [6, 6.07) is 18.2. The van der Waals surface area contributed by atoms with Crippen LogP contribution in [0.1, 0.15) is 23.6 Å². The Hall–Kier alpha value is -2.51. The molecule has 5 atom stereocenters. The second-order valence-electron chi connectivity index (χ2n) is 7.06. The third-order valence-electron chi connectivity index (χ3n) is 5.11. The molecule has 1 aliphatic heterocycles. The van der Waals surface area contributed by atoms with Crippen molar-refractivity contribution < 1.29 is 23.8 Å². The SMILES string of the molecule is CO[C@@H]1[C@@H](OC)[C@H](C)O[C@@H](O/N=C\c2ccc(/C=C/c3ccccc3)cc2)[C@@H]1OC. The molecule has 3 rings (SSSR count). The summed E-state index contributed by atoms with van der Waals surface area (Å²) in [4.78, 5) is 5.59. The summed E-state index contributed by atoms with van der Waals surface area (Å²) in [5.41, 5.74) is 3.19. The highest BCUT2D eigenvalue weighted by atomic mass is 16.8. The molecule has 2 aromatic carbocycles. The molecule has 0 spiro atoms. The van der Waals surface area contributed by atoms with Crippen LogP contribution in [0.15, 0.2) is 59.8 Å². The second-order valence-corrected chi connectivity index (χ2v) is 7.06. The molecule has 0 aliphatic carbocycles. The van der Waals surface area contributed by atoms with Gasteiger partial charge in [-0.1, -0.05) is 71.9 Å². The number of methoxy groups -OCH3 is 3. The van der Waals surface area contributed by atoms with Gasteiger partial charge in [-0.05, 0) is 23.6 Å². The molecule has 0 saturated carbocycles. The van der Waals surface area contributed by atoms with Crippen LogP contribution in [0.2, 0.25) is 0 Å². The summed E-state index contributed by atoms with van der Waals surface area (Å²) in [6.07, 6.45) is 3.87. The quantitative estimate of drug-likeness (QED) is 0.373. The van der Waals surface area contributed by atoms with Crippen LogP contribution in [0, 0.1) is 0 Å². The topological polar surface area (TPSA) is 58.5 Å². The lowest BCUT2D eigenvalue weighted by Gasteiger charge is -2.42. The van der Waals surface area contributed by atoms with Gasteiger partial charge in [-0.15, -0.1) is 0 Å². The Bertz CT molecular complexity index is 821. The van der Waals surface area contributed by atoms with Crippen molar-refractivity contribution in [2.75, 3.05) is 21.3 Å². The summed E-state index contributed by atoms with van der Waals surface area (Å²) in [7, 11) is 4.83. The van der Waals surface area contributed by atoms with Crippen LogP contribution in [0.25, 0.3) is 12.2 Å². The molecular weight excluding hydrogens is 382 g/mol. The molecule has 0 amide bonds. The minimum absolute atomic E-state index is 0.220. The highest BCUT2D eigenvalue weighted by Gasteiger charge is 2.46. The van der Waals surface area contributed by atoms with E-state index < -0.39 is 12.4 Å². The molecular formula is C24H29NO5. The fraction of sp³-hybridized carbons (Fsp3) is 0.375. The largest absolute Gasteiger partial charge is 0.376 e. The zero-order valence-electron chi connectivity index (χ0n) is 17.8. The van der Waals surface area contributed by atoms with Gasteiger partial charge in [0.1, 0.15) is 12.2 Å². The van der Waals surface area contributed by atoms with Crippen LogP contribution in [0.5, 0.6) is 0 Å². The van der Waals surface area contributed by atoms with E-state index in [4.69, 9.17) is 23.8 Å². The monoisotopic (exact) mass is 411 g/mol. The Balaban J connectivity index is 1.59. The molecule has 2 aromatic rings. The van der Waals surface area contributed by atoms with Crippen LogP contribution in [0.3, 0.4) is 0 Å². The maximum absolute atomic E-state index is 5.88. The van der Waals surface area contributed by atoms with Gasteiger partial charge in [0.05, 0.1) is 12.3 Å². The van der Waals surface area contributed by atoms with Crippen LogP contribution in [0.4, 0.5) is 0 Å². The predicted molar refractivity (Wildman–Crippen MR) is 117 cm³/mol. The summed E-state index contributed by atoms with van der Waals surface area (Å²) in [5.74, 6) is 0. The highest BCUT2D eigenvalue weighted by Crippen LogP contribution is 2.27. The number of ether oxygens (including phenoxy) is 4. The molecule has 160 valence electrons. The van der Waals surface area contributed by atoms with Crippen molar-refractivity contribution in [1.29, 1.82) is 0 Å². The Morgan fingerprint density at radius 2 is 1.30 bits per heavy atom. The molecule has 1 fully saturated rings. The van der Waals surface area contributed by atoms with Crippen LogP contribution in [-0.4, -0.2) is 58.2 Å². The molecule has 6 heteroatoms. The van der Waals surface area contributed by atoms with Crippen molar-refractivity contribution in [3.63, 3.8) is 0 Å². The second kappa shape index (κ2) is 11.0. The van der Waals surface area contributed by atoms with E-state index in [0.29, 0.717) is 0 Å². The van der Waals surface area contributed by atoms with E-state index in [0.717, 1.165) is 16.7 Å². The minimum Gasteiger partial charge on any atom is -0.376 e. The first kappa shape index (κ1) is 22.2. The lowest BCUT2D eigenvalue weighted by Crippen LogP contribution is -2.59. The molecule has 0 radical (unpaired) electrons. The number of hydrogen-bond acceptors (Lipinski definition) is 6. The Morgan fingerprint density at radius 3 is 1.90 bits per heavy atom. The maximum atomic E-state index is 5.88. The number of rotatable bonds is 8. The van der Waals surface area contributed by atoms with Crippen LogP contribution >= 0.6 is 0 Å². The number of nitrogens with zero attached hydrogens (tertiary/aromatic N) is 1. The normalized spacial score (nSPS) is 27.0. The van der Waals surface area contributed by atoms with Crippen molar-refractivity contribution in [2.45, 2.75) is 37.6 Å². The minimum atomic E-state index is -0.689. The van der Waals surface area contributed by atoms with E-state index in [2.05, 4.69) is 29.4 Å². The highest BCUT2D eigenvalue weighted by molar-refractivity contribution is 5.80. The van der Waals surface area contributed by atoms with Gasteiger partial charge in [0, 0.05) is 21.3 Å². The van der Waals surface area contributed by atoms with Crippen LogP contribution < -0.4 is 0 Å². The zero-order valence-corrected chi connectivity index (χ0v) is 17.8. The van der Waals surface area contributed by atoms with Gasteiger partial charge >= 0.3 is 0 Å². The van der Waals surface area contributed by atoms with Gasteiger partial charge in [0.25, 0.3) is 6.29 Å². The predicted octanol–water partition coefficient (Wildman–Crippen LogP) is 4.00. The van der Waals surface area contributed by atoms with Crippen LogP contribution in [-0.2, 0) is 23.8 Å². The molecule has 0 N–H and O–H groups in total. The van der Waals surface area contributed by atoms with Crippen molar-refractivity contribution in [2.24, 2.45) is 5.16 Å². The summed E-state index contributed by atoms with van der Waals surface area (Å²) < 4.78 is 22.5. The van der Waals surface area contributed by atoms with Crippen molar-refractivity contribution in [3.8, 4) is 0 Å². The first-order chi connectivity index (χ1) is 14.7. The molecule has 0 unspecified atom stereocenters. The van der Waals surface area contributed by atoms with E-state index in [1.54, 1.807) is 27.5 Å². The summed E-state index contributed by atoms with van der Waals surface area (Å²) in [5, 5.41) is 4.10. The lowest BCUT2D eigenvalue weighted by molar-refractivity contribution is -0.305. The molecule has 1 saturated heterocycles. The number of hydrogen-bond donors (Lipinski definition) is 0. The van der Waals surface area contributed by atoms with E-state index in [-0.39, 0.29) is 18.3 Å². The third kappa shape index (κ3) is 5.55. The Labute approximate surface area is 178 Å². The fourth-order valence-electron chi connectivity index (χ4n) is 3.50. The first-order valence-corrected chi connectivity index (χ1v) is 9.92. The van der Waals surface area contributed by atoms with Gasteiger partial charge in [-0.3, -0.25) is 0 Å². The maximum Gasteiger partial charge on any atom is 0.256 e. The van der Waals surface area contributed by atoms with Gasteiger partial charge in [0.15, 0.2) is 6.10 Å². The average molecular weight is 411 g/mol. The van der Waals surface area contributed by atoms with Crippen molar-refractivity contribution >= 4 is 18.4 Å².